The lowest BCUT2D eigenvalue weighted by Crippen LogP contribution is -2.31. The number of hydrogen-bond acceptors (Lipinski definition) is 6. The van der Waals surface area contributed by atoms with Crippen LogP contribution in [0.1, 0.15) is 30.1 Å². The topological polar surface area (TPSA) is 101 Å². The molecule has 20 heavy (non-hydrogen) atoms. The maximum atomic E-state index is 12.2. The van der Waals surface area contributed by atoms with Crippen LogP contribution in [0.5, 0.6) is 0 Å². The lowest BCUT2D eigenvalue weighted by Gasteiger charge is -2.10. The van der Waals surface area contributed by atoms with Crippen LogP contribution in [0.25, 0.3) is 0 Å². The Kier molecular flexibility index (Phi) is 5.06. The van der Waals surface area contributed by atoms with E-state index in [1.807, 2.05) is 0 Å². The molecule has 2 heterocycles. The molecule has 1 unspecified atom stereocenters. The number of nitrogens with one attached hydrogen (secondary N) is 2. The average molecular weight is 319 g/mol. The van der Waals surface area contributed by atoms with Gasteiger partial charge in [-0.1, -0.05) is 0 Å². The molecule has 1 saturated heterocycles. The largest absolute Gasteiger partial charge is 0.462 e. The molecule has 0 radical (unpaired) electrons. The molecule has 112 valence electrons. The molecule has 2 rings (SSSR count). The van der Waals surface area contributed by atoms with Gasteiger partial charge in [-0.15, -0.1) is 0 Å². The number of nitrogens with zero attached hydrogens (tertiary/aromatic N) is 1. The average Bonchev–Trinajstić information content (AvgIpc) is 3.08. The van der Waals surface area contributed by atoms with Crippen molar-refractivity contribution in [1.29, 1.82) is 0 Å². The van der Waals surface area contributed by atoms with Crippen molar-refractivity contribution in [2.24, 2.45) is 0 Å². The molecule has 1 aromatic rings. The zero-order valence-electron chi connectivity index (χ0n) is 11.1. The molecule has 7 nitrogen and oxygen atoms in total. The van der Waals surface area contributed by atoms with Crippen LogP contribution in [0.15, 0.2) is 11.2 Å². The molecule has 1 atom stereocenters. The second-order valence-electron chi connectivity index (χ2n) is 4.32. The number of ether oxygens (including phenoxy) is 1. The predicted molar refractivity (Wildman–Crippen MR) is 75.2 cm³/mol. The van der Waals surface area contributed by atoms with Crippen LogP contribution in [0.4, 0.5) is 0 Å². The van der Waals surface area contributed by atoms with Gasteiger partial charge in [0, 0.05) is 11.8 Å². The molecule has 0 amide bonds. The van der Waals surface area contributed by atoms with E-state index >= 15 is 0 Å². The fraction of sp³-hybridized carbons (Fsp3) is 0.636. The lowest BCUT2D eigenvalue weighted by molar-refractivity contribution is 0.0522. The monoisotopic (exact) mass is 319 g/mol. The second-order valence-corrected chi connectivity index (χ2v) is 7.43. The first kappa shape index (κ1) is 15.3. The fourth-order valence-corrected chi connectivity index (χ4v) is 4.38. The first-order valence-corrected chi connectivity index (χ1v) is 8.89. The third-order valence-corrected chi connectivity index (χ3v) is 5.69. The van der Waals surface area contributed by atoms with E-state index in [0.717, 1.165) is 24.8 Å². The molecule has 1 aromatic heterocycles. The Morgan fingerprint density at radius 2 is 2.45 bits per heavy atom. The van der Waals surface area contributed by atoms with Crippen LogP contribution in [0.3, 0.4) is 0 Å². The van der Waals surface area contributed by atoms with Crippen LogP contribution in [-0.4, -0.2) is 48.7 Å². The van der Waals surface area contributed by atoms with Gasteiger partial charge >= 0.3 is 5.97 Å². The summed E-state index contributed by atoms with van der Waals surface area (Å²) in [6.45, 7) is 2.19. The van der Waals surface area contributed by atoms with Gasteiger partial charge in [-0.3, -0.25) is 5.10 Å². The van der Waals surface area contributed by atoms with Gasteiger partial charge in [0.05, 0.1) is 12.8 Å². The number of hydrogen-bond donors (Lipinski definition) is 2. The Labute approximate surface area is 121 Å². The molecule has 0 spiro atoms. The van der Waals surface area contributed by atoms with Crippen molar-refractivity contribution in [2.45, 2.75) is 30.0 Å². The highest BCUT2D eigenvalue weighted by Crippen LogP contribution is 2.25. The molecule has 0 aromatic carbocycles. The minimum Gasteiger partial charge on any atom is -0.462 e. The van der Waals surface area contributed by atoms with Crippen molar-refractivity contribution in [1.82, 2.24) is 14.9 Å². The van der Waals surface area contributed by atoms with Gasteiger partial charge < -0.3 is 4.74 Å². The third kappa shape index (κ3) is 3.53. The van der Waals surface area contributed by atoms with E-state index in [0.29, 0.717) is 11.8 Å². The van der Waals surface area contributed by atoms with Crippen LogP contribution >= 0.6 is 11.8 Å². The number of carbonyl (C=O) groups excluding carboxylic acids is 1. The maximum Gasteiger partial charge on any atom is 0.342 e. The summed E-state index contributed by atoms with van der Waals surface area (Å²) in [6.07, 6.45) is 3.27. The molecular weight excluding hydrogens is 302 g/mol. The van der Waals surface area contributed by atoms with Gasteiger partial charge in [0.2, 0.25) is 0 Å². The third-order valence-electron chi connectivity index (χ3n) is 2.89. The summed E-state index contributed by atoms with van der Waals surface area (Å²) in [5.74, 6) is 0.363. The zero-order chi connectivity index (χ0) is 14.6. The van der Waals surface area contributed by atoms with E-state index in [9.17, 15) is 13.2 Å². The Morgan fingerprint density at radius 3 is 3.10 bits per heavy atom. The number of thioether (sulfide) groups is 1. The molecule has 2 N–H and O–H groups in total. The lowest BCUT2D eigenvalue weighted by atomic mass is 10.2. The predicted octanol–water partition coefficient (Wildman–Crippen LogP) is 0.760. The van der Waals surface area contributed by atoms with Crippen molar-refractivity contribution < 1.29 is 17.9 Å². The maximum absolute atomic E-state index is 12.2. The Hall–Kier alpha value is -1.06. The van der Waals surface area contributed by atoms with Gasteiger partial charge in [-0.25, -0.2) is 17.9 Å². The van der Waals surface area contributed by atoms with Gasteiger partial charge in [0.15, 0.2) is 5.03 Å². The van der Waals surface area contributed by atoms with E-state index in [1.54, 1.807) is 18.7 Å². The smallest absolute Gasteiger partial charge is 0.342 e. The van der Waals surface area contributed by atoms with Gasteiger partial charge in [-0.2, -0.15) is 16.9 Å². The van der Waals surface area contributed by atoms with Crippen LogP contribution in [0, 0.1) is 0 Å². The van der Waals surface area contributed by atoms with Gasteiger partial charge in [0.1, 0.15) is 5.56 Å². The molecule has 0 aliphatic carbocycles. The quantitative estimate of drug-likeness (QED) is 0.751. The summed E-state index contributed by atoms with van der Waals surface area (Å²) in [7, 11) is -3.78. The number of aromatic amines is 1. The van der Waals surface area contributed by atoms with Gasteiger partial charge in [-0.05, 0) is 25.5 Å². The van der Waals surface area contributed by atoms with Crippen molar-refractivity contribution in [3.8, 4) is 0 Å². The minimum atomic E-state index is -3.78. The van der Waals surface area contributed by atoms with Crippen molar-refractivity contribution in [3.05, 3.63) is 11.8 Å². The van der Waals surface area contributed by atoms with Crippen molar-refractivity contribution in [3.63, 3.8) is 0 Å². The highest BCUT2D eigenvalue weighted by molar-refractivity contribution is 8.00. The Balaban J connectivity index is 2.09. The first-order chi connectivity index (χ1) is 9.54. The van der Waals surface area contributed by atoms with Crippen molar-refractivity contribution in [2.75, 3.05) is 18.9 Å². The molecule has 0 bridgehead atoms. The van der Waals surface area contributed by atoms with E-state index < -0.39 is 16.0 Å². The number of carbonyl (C=O) groups is 1. The molecule has 1 aliphatic heterocycles. The number of aromatic nitrogens is 2. The fourth-order valence-electron chi connectivity index (χ4n) is 1.91. The molecule has 0 saturated carbocycles. The van der Waals surface area contributed by atoms with E-state index in [1.165, 1.54) is 0 Å². The highest BCUT2D eigenvalue weighted by atomic mass is 32.2. The zero-order valence-corrected chi connectivity index (χ0v) is 12.7. The standard InChI is InChI=1S/C11H17N3O4S2/c1-2-18-11(15)9-7-12-14-10(9)20(16,17)13-6-8-4-3-5-19-8/h7-8,13H,2-6H2,1H3,(H,12,14). The van der Waals surface area contributed by atoms with E-state index in [-0.39, 0.29) is 17.2 Å². The molecule has 1 aliphatic rings. The molecule has 1 fully saturated rings. The normalized spacial score (nSPS) is 19.1. The summed E-state index contributed by atoms with van der Waals surface area (Å²) in [5.41, 5.74) is -0.0709. The highest BCUT2D eigenvalue weighted by Gasteiger charge is 2.27. The van der Waals surface area contributed by atoms with Crippen molar-refractivity contribution >= 4 is 27.8 Å². The number of H-pyrrole nitrogens is 1. The van der Waals surface area contributed by atoms with Crippen LogP contribution in [-0.2, 0) is 14.8 Å². The SMILES string of the molecule is CCOC(=O)c1cn[nH]c1S(=O)(=O)NCC1CCCS1. The van der Waals surface area contributed by atoms with Gasteiger partial charge in [0.25, 0.3) is 10.0 Å². The number of esters is 1. The summed E-state index contributed by atoms with van der Waals surface area (Å²) < 4.78 is 31.7. The van der Waals surface area contributed by atoms with E-state index in [4.69, 9.17) is 4.74 Å². The molecule has 9 heteroatoms. The Bertz CT molecular complexity index is 564. The summed E-state index contributed by atoms with van der Waals surface area (Å²) in [5, 5.41) is 6.03. The summed E-state index contributed by atoms with van der Waals surface area (Å²) in [6, 6.07) is 0. The summed E-state index contributed by atoms with van der Waals surface area (Å²) >= 11 is 1.75. The number of rotatable bonds is 6. The molecular formula is C11H17N3O4S2. The van der Waals surface area contributed by atoms with E-state index in [2.05, 4.69) is 14.9 Å². The number of sulfonamides is 1. The van der Waals surface area contributed by atoms with Crippen LogP contribution < -0.4 is 4.72 Å². The van der Waals surface area contributed by atoms with Crippen LogP contribution in [0.2, 0.25) is 0 Å². The second kappa shape index (κ2) is 6.59. The first-order valence-electron chi connectivity index (χ1n) is 6.36. The summed E-state index contributed by atoms with van der Waals surface area (Å²) in [4.78, 5) is 11.7. The minimum absolute atomic E-state index is 0.0709. The Morgan fingerprint density at radius 1 is 1.65 bits per heavy atom.